The van der Waals surface area contributed by atoms with Crippen molar-refractivity contribution in [2.24, 2.45) is 0 Å². The van der Waals surface area contributed by atoms with Crippen molar-refractivity contribution in [1.82, 2.24) is 4.90 Å². The normalized spacial score (nSPS) is 21.9. The molecule has 3 rings (SSSR count). The van der Waals surface area contributed by atoms with E-state index in [1.807, 2.05) is 30.3 Å². The number of benzene rings is 2. The molecule has 1 amide bonds. The molecule has 1 fully saturated rings. The number of alkyl halides is 3. The number of amides is 1. The standard InChI is InChI=1S/C19H18F3NO2/c1-14(15-8-4-2-5-9-15)23-13-18(25-17(23)24,12-19(20,21)22)16-10-6-3-7-11-16/h2-11,14H,12-13H2,1H3. The van der Waals surface area contributed by atoms with Gasteiger partial charge in [0.2, 0.25) is 0 Å². The molecule has 2 unspecified atom stereocenters. The van der Waals surface area contributed by atoms with E-state index in [1.54, 1.807) is 37.3 Å². The van der Waals surface area contributed by atoms with Crippen LogP contribution < -0.4 is 0 Å². The fourth-order valence-corrected chi connectivity index (χ4v) is 3.21. The summed E-state index contributed by atoms with van der Waals surface area (Å²) >= 11 is 0. The van der Waals surface area contributed by atoms with Crippen molar-refractivity contribution < 1.29 is 22.7 Å². The molecule has 0 spiro atoms. The highest BCUT2D eigenvalue weighted by Crippen LogP contribution is 2.44. The van der Waals surface area contributed by atoms with Gasteiger partial charge in [-0.3, -0.25) is 4.90 Å². The summed E-state index contributed by atoms with van der Waals surface area (Å²) in [6, 6.07) is 16.9. The molecule has 25 heavy (non-hydrogen) atoms. The smallest absolute Gasteiger partial charge is 0.411 e. The number of ether oxygens (including phenoxy) is 1. The zero-order valence-corrected chi connectivity index (χ0v) is 13.7. The highest BCUT2D eigenvalue weighted by molar-refractivity contribution is 5.72. The lowest BCUT2D eigenvalue weighted by Crippen LogP contribution is -2.37. The predicted octanol–water partition coefficient (Wildman–Crippen LogP) is 5.05. The Bertz CT molecular complexity index is 733. The van der Waals surface area contributed by atoms with E-state index < -0.39 is 24.3 Å². The van der Waals surface area contributed by atoms with Crippen LogP contribution in [0.2, 0.25) is 0 Å². The van der Waals surface area contributed by atoms with Crippen LogP contribution in [0.4, 0.5) is 18.0 Å². The first-order chi connectivity index (χ1) is 11.8. The van der Waals surface area contributed by atoms with Gasteiger partial charge in [-0.1, -0.05) is 60.7 Å². The molecule has 0 radical (unpaired) electrons. The largest absolute Gasteiger partial charge is 0.436 e. The lowest BCUT2D eigenvalue weighted by Gasteiger charge is -2.29. The quantitative estimate of drug-likeness (QED) is 0.773. The van der Waals surface area contributed by atoms with Crippen LogP contribution in [0.25, 0.3) is 0 Å². The van der Waals surface area contributed by atoms with Crippen LogP contribution in [0.1, 0.15) is 30.5 Å². The Kier molecular flexibility index (Phi) is 4.45. The average Bonchev–Trinajstić information content (AvgIpc) is 2.91. The Hall–Kier alpha value is -2.50. The first-order valence-electron chi connectivity index (χ1n) is 7.98. The summed E-state index contributed by atoms with van der Waals surface area (Å²) in [7, 11) is 0. The van der Waals surface area contributed by atoms with E-state index in [0.29, 0.717) is 5.56 Å². The van der Waals surface area contributed by atoms with Gasteiger partial charge in [0.1, 0.15) is 0 Å². The molecule has 2 atom stereocenters. The molecule has 1 saturated heterocycles. The van der Waals surface area contributed by atoms with Gasteiger partial charge >= 0.3 is 12.3 Å². The molecular weight excluding hydrogens is 331 g/mol. The molecular formula is C19H18F3NO2. The van der Waals surface area contributed by atoms with E-state index in [0.717, 1.165) is 5.56 Å². The van der Waals surface area contributed by atoms with Gasteiger partial charge in [-0.15, -0.1) is 0 Å². The molecule has 6 heteroatoms. The number of nitrogens with zero attached hydrogens (tertiary/aromatic N) is 1. The van der Waals surface area contributed by atoms with E-state index in [9.17, 15) is 18.0 Å². The van der Waals surface area contributed by atoms with Gasteiger partial charge in [-0.05, 0) is 18.1 Å². The Morgan fingerprint density at radius 1 is 1.08 bits per heavy atom. The van der Waals surface area contributed by atoms with Crippen molar-refractivity contribution in [2.75, 3.05) is 6.54 Å². The molecule has 1 heterocycles. The molecule has 1 aliphatic rings. The van der Waals surface area contributed by atoms with Crippen molar-refractivity contribution in [2.45, 2.75) is 31.2 Å². The highest BCUT2D eigenvalue weighted by atomic mass is 19.4. The maximum Gasteiger partial charge on any atom is 0.411 e. The van der Waals surface area contributed by atoms with Crippen LogP contribution in [0.3, 0.4) is 0 Å². The molecule has 3 nitrogen and oxygen atoms in total. The highest BCUT2D eigenvalue weighted by Gasteiger charge is 2.53. The van der Waals surface area contributed by atoms with Gasteiger partial charge < -0.3 is 4.74 Å². The molecule has 0 saturated carbocycles. The second-order valence-corrected chi connectivity index (χ2v) is 6.23. The van der Waals surface area contributed by atoms with Gasteiger partial charge in [-0.25, -0.2) is 4.79 Å². The van der Waals surface area contributed by atoms with Crippen molar-refractivity contribution in [3.63, 3.8) is 0 Å². The summed E-state index contributed by atoms with van der Waals surface area (Å²) in [5.41, 5.74) is -0.529. The molecule has 2 aromatic carbocycles. The molecule has 0 N–H and O–H groups in total. The predicted molar refractivity (Wildman–Crippen MR) is 86.8 cm³/mol. The minimum absolute atomic E-state index is 0.147. The van der Waals surface area contributed by atoms with E-state index in [4.69, 9.17) is 4.74 Å². The van der Waals surface area contributed by atoms with E-state index in [1.165, 1.54) is 4.90 Å². The van der Waals surface area contributed by atoms with Crippen LogP contribution in [0, 0.1) is 0 Å². The zero-order chi connectivity index (χ0) is 18.1. The number of cyclic esters (lactones) is 1. The molecule has 1 aliphatic heterocycles. The number of hydrogen-bond acceptors (Lipinski definition) is 2. The number of carbonyl (C=O) groups excluding carboxylic acids is 1. The molecule has 2 aromatic rings. The lowest BCUT2D eigenvalue weighted by molar-refractivity contribution is -0.171. The van der Waals surface area contributed by atoms with Crippen molar-refractivity contribution in [1.29, 1.82) is 0 Å². The van der Waals surface area contributed by atoms with Gasteiger partial charge in [0.05, 0.1) is 19.0 Å². The van der Waals surface area contributed by atoms with Crippen LogP contribution in [0.5, 0.6) is 0 Å². The fourth-order valence-electron chi connectivity index (χ4n) is 3.21. The monoisotopic (exact) mass is 349 g/mol. The van der Waals surface area contributed by atoms with Crippen LogP contribution in [-0.4, -0.2) is 23.7 Å². The summed E-state index contributed by atoms with van der Waals surface area (Å²) in [4.78, 5) is 13.8. The third-order valence-electron chi connectivity index (χ3n) is 4.48. The summed E-state index contributed by atoms with van der Waals surface area (Å²) in [6.07, 6.45) is -6.40. The SMILES string of the molecule is CC(c1ccccc1)N1CC(CC(F)(F)F)(c2ccccc2)OC1=O. The van der Waals surface area contributed by atoms with Crippen LogP contribution in [0.15, 0.2) is 60.7 Å². The van der Waals surface area contributed by atoms with E-state index in [2.05, 4.69) is 0 Å². The van der Waals surface area contributed by atoms with Gasteiger partial charge in [0.15, 0.2) is 5.60 Å². The lowest BCUT2D eigenvalue weighted by atomic mass is 9.89. The number of rotatable bonds is 4. The maximum atomic E-state index is 13.2. The molecule has 0 aromatic heterocycles. The summed E-state index contributed by atoms with van der Waals surface area (Å²) in [5, 5.41) is 0. The van der Waals surface area contributed by atoms with Crippen molar-refractivity contribution in [3.05, 3.63) is 71.8 Å². The average molecular weight is 349 g/mol. The first kappa shape index (κ1) is 17.3. The second-order valence-electron chi connectivity index (χ2n) is 6.23. The van der Waals surface area contributed by atoms with Gasteiger partial charge in [-0.2, -0.15) is 13.2 Å². The fraction of sp³-hybridized carbons (Fsp3) is 0.316. The second kappa shape index (κ2) is 6.43. The summed E-state index contributed by atoms with van der Waals surface area (Å²) in [5.74, 6) is 0. The van der Waals surface area contributed by atoms with E-state index in [-0.39, 0.29) is 12.6 Å². The molecule has 132 valence electrons. The first-order valence-corrected chi connectivity index (χ1v) is 7.98. The van der Waals surface area contributed by atoms with Crippen LogP contribution >= 0.6 is 0 Å². The Morgan fingerprint density at radius 3 is 2.20 bits per heavy atom. The third kappa shape index (κ3) is 3.62. The third-order valence-corrected chi connectivity index (χ3v) is 4.48. The zero-order valence-electron chi connectivity index (χ0n) is 13.7. The molecule has 0 aliphatic carbocycles. The van der Waals surface area contributed by atoms with Gasteiger partial charge in [0.25, 0.3) is 0 Å². The minimum atomic E-state index is -4.46. The van der Waals surface area contributed by atoms with Crippen molar-refractivity contribution >= 4 is 6.09 Å². The topological polar surface area (TPSA) is 29.5 Å². The Balaban J connectivity index is 1.95. The number of hydrogen-bond donors (Lipinski definition) is 0. The van der Waals surface area contributed by atoms with Gasteiger partial charge in [0, 0.05) is 0 Å². The van der Waals surface area contributed by atoms with E-state index >= 15 is 0 Å². The number of carbonyl (C=O) groups is 1. The minimum Gasteiger partial charge on any atom is -0.436 e. The summed E-state index contributed by atoms with van der Waals surface area (Å²) < 4.78 is 45.0. The summed E-state index contributed by atoms with van der Waals surface area (Å²) in [6.45, 7) is 1.64. The molecule has 0 bridgehead atoms. The van der Waals surface area contributed by atoms with Crippen LogP contribution in [-0.2, 0) is 10.3 Å². The maximum absolute atomic E-state index is 13.2. The Labute approximate surface area is 144 Å². The van der Waals surface area contributed by atoms with Crippen molar-refractivity contribution in [3.8, 4) is 0 Å². The Morgan fingerprint density at radius 2 is 1.64 bits per heavy atom. The number of halogens is 3.